The smallest absolute Gasteiger partial charge is 0.354 e. The van der Waals surface area contributed by atoms with Crippen LogP contribution < -0.4 is 0 Å². The molecule has 0 heterocycles. The summed E-state index contributed by atoms with van der Waals surface area (Å²) in [6, 6.07) is 1.91. The second kappa shape index (κ2) is 3.10. The Labute approximate surface area is 64.0 Å². The molecule has 11 heavy (non-hydrogen) atoms. The van der Waals surface area contributed by atoms with Crippen LogP contribution in [0.15, 0.2) is 0 Å². The van der Waals surface area contributed by atoms with E-state index < -0.39 is 21.8 Å². The molecule has 0 spiro atoms. The highest BCUT2D eigenvalue weighted by Gasteiger charge is 2.46. The van der Waals surface area contributed by atoms with Crippen LogP contribution in [0.5, 0.6) is 0 Å². The molecule has 0 amide bonds. The van der Waals surface area contributed by atoms with Gasteiger partial charge in [0, 0.05) is 0 Å². The number of carboxylic acids is 1. The van der Waals surface area contributed by atoms with Crippen LogP contribution >= 0.6 is 0 Å². The minimum atomic E-state index is -3.01. The van der Waals surface area contributed by atoms with Crippen LogP contribution in [-0.4, -0.2) is 24.6 Å². The quantitative estimate of drug-likeness (QED) is 0.522. The van der Waals surface area contributed by atoms with Gasteiger partial charge in [-0.2, -0.15) is 10.5 Å². The summed E-state index contributed by atoms with van der Waals surface area (Å²) in [6.07, 6.45) is 0. The zero-order chi connectivity index (χ0) is 9.07. The molecule has 0 radical (unpaired) electrons. The minimum absolute atomic E-state index is 0.953. The molecular weight excluding hydrogens is 172 g/mol. The second-order valence-electron chi connectivity index (χ2n) is 1.46. The van der Waals surface area contributed by atoms with Gasteiger partial charge in [-0.15, -0.1) is 0 Å². The van der Waals surface area contributed by atoms with E-state index in [2.05, 4.69) is 0 Å². The Morgan fingerprint density at radius 2 is 1.82 bits per heavy atom. The Bertz CT molecular complexity index is 255. The summed E-state index contributed by atoms with van der Waals surface area (Å²) in [5, 5.41) is 24.4. The third kappa shape index (κ3) is 1.34. The highest BCUT2D eigenvalue weighted by atomic mass is 32.2. The van der Waals surface area contributed by atoms with Crippen LogP contribution in [0.2, 0.25) is 0 Å². The first-order valence-corrected chi connectivity index (χ1v) is 3.29. The predicted molar refractivity (Wildman–Crippen MR) is 32.4 cm³/mol. The minimum Gasteiger partial charge on any atom is -0.478 e. The third-order valence-electron chi connectivity index (χ3n) is 0.878. The van der Waals surface area contributed by atoms with Crippen LogP contribution in [0, 0.1) is 22.7 Å². The normalized spacial score (nSPS) is 12.6. The van der Waals surface area contributed by atoms with Crippen molar-refractivity contribution in [3.05, 3.63) is 0 Å². The maximum atomic E-state index is 10.2. The molecule has 0 aromatic rings. The van der Waals surface area contributed by atoms with Crippen molar-refractivity contribution >= 4 is 17.0 Å². The van der Waals surface area contributed by atoms with Crippen molar-refractivity contribution in [1.29, 1.82) is 10.5 Å². The SMILES string of the molecule is N#CC(C#N)(C(=O)O)S(=O)O. The number of hydrogen-bond donors (Lipinski definition) is 2. The van der Waals surface area contributed by atoms with Crippen molar-refractivity contribution in [3.63, 3.8) is 0 Å². The van der Waals surface area contributed by atoms with Gasteiger partial charge < -0.3 is 9.66 Å². The molecule has 7 heteroatoms. The fraction of sp³-hybridized carbons (Fsp3) is 0.250. The van der Waals surface area contributed by atoms with E-state index in [-0.39, 0.29) is 0 Å². The standard InChI is InChI=1S/C4H2N2O4S/c5-1-4(2-6,3(7)8)11(9)10/h(H,7,8)(H,9,10). The maximum absolute atomic E-state index is 10.2. The van der Waals surface area contributed by atoms with Crippen molar-refractivity contribution in [2.75, 3.05) is 0 Å². The van der Waals surface area contributed by atoms with Crippen LogP contribution in [0.25, 0.3) is 0 Å². The van der Waals surface area contributed by atoms with E-state index in [1.807, 2.05) is 0 Å². The van der Waals surface area contributed by atoms with E-state index in [9.17, 15) is 9.00 Å². The highest BCUT2D eigenvalue weighted by molar-refractivity contribution is 7.82. The molecule has 58 valence electrons. The van der Waals surface area contributed by atoms with Gasteiger partial charge >= 0.3 is 10.7 Å². The molecular formula is C4H2N2O4S. The number of hydrogen-bond acceptors (Lipinski definition) is 4. The molecule has 0 aromatic heterocycles. The zero-order valence-electron chi connectivity index (χ0n) is 5.01. The zero-order valence-corrected chi connectivity index (χ0v) is 5.83. The molecule has 0 fully saturated rings. The van der Waals surface area contributed by atoms with Crippen LogP contribution in [0.4, 0.5) is 0 Å². The van der Waals surface area contributed by atoms with E-state index >= 15 is 0 Å². The Hall–Kier alpha value is -1.44. The summed E-state index contributed by atoms with van der Waals surface area (Å²) in [4.78, 5) is 10.1. The molecule has 0 saturated heterocycles. The molecule has 0 aliphatic carbocycles. The Kier molecular flexibility index (Phi) is 2.70. The van der Waals surface area contributed by atoms with Crippen LogP contribution in [0.1, 0.15) is 0 Å². The van der Waals surface area contributed by atoms with Gasteiger partial charge in [0.2, 0.25) is 11.1 Å². The molecule has 0 rings (SSSR count). The highest BCUT2D eigenvalue weighted by Crippen LogP contribution is 2.10. The fourth-order valence-electron chi connectivity index (χ4n) is 0.273. The van der Waals surface area contributed by atoms with Crippen molar-refractivity contribution < 1.29 is 18.7 Å². The summed E-state index contributed by atoms with van der Waals surface area (Å²) < 4.78 is 15.6. The van der Waals surface area contributed by atoms with Crippen LogP contribution in [-0.2, 0) is 15.9 Å². The van der Waals surface area contributed by atoms with E-state index in [1.165, 1.54) is 0 Å². The van der Waals surface area contributed by atoms with Crippen LogP contribution in [0.3, 0.4) is 0 Å². The Morgan fingerprint density at radius 3 is 1.82 bits per heavy atom. The number of carbonyl (C=O) groups is 1. The van der Waals surface area contributed by atoms with Gasteiger partial charge in [-0.3, -0.25) is 0 Å². The lowest BCUT2D eigenvalue weighted by Gasteiger charge is -2.05. The van der Waals surface area contributed by atoms with Crippen molar-refractivity contribution in [1.82, 2.24) is 0 Å². The molecule has 0 aromatic carbocycles. The van der Waals surface area contributed by atoms with E-state index in [4.69, 9.17) is 20.2 Å². The number of carboxylic acid groups (broad SMARTS) is 1. The van der Waals surface area contributed by atoms with Gasteiger partial charge in [-0.05, 0) is 0 Å². The molecule has 0 aliphatic rings. The lowest BCUT2D eigenvalue weighted by atomic mass is 10.2. The number of nitrogens with zero attached hydrogens (tertiary/aromatic N) is 2. The Morgan fingerprint density at radius 1 is 1.45 bits per heavy atom. The number of nitriles is 2. The molecule has 1 unspecified atom stereocenters. The molecule has 6 nitrogen and oxygen atoms in total. The van der Waals surface area contributed by atoms with Gasteiger partial charge in [0.15, 0.2) is 0 Å². The lowest BCUT2D eigenvalue weighted by Crippen LogP contribution is -2.39. The first kappa shape index (κ1) is 9.56. The largest absolute Gasteiger partial charge is 0.478 e. The van der Waals surface area contributed by atoms with Gasteiger partial charge in [0.05, 0.1) is 0 Å². The van der Waals surface area contributed by atoms with Crippen molar-refractivity contribution in [2.45, 2.75) is 4.75 Å². The third-order valence-corrected chi connectivity index (χ3v) is 1.76. The van der Waals surface area contributed by atoms with Gasteiger partial charge in [0.25, 0.3) is 0 Å². The first-order chi connectivity index (χ1) is 5.01. The predicted octanol–water partition coefficient (Wildman–Crippen LogP) is -0.921. The summed E-state index contributed by atoms with van der Waals surface area (Å²) in [5.74, 6) is -1.93. The van der Waals surface area contributed by atoms with E-state index in [0.717, 1.165) is 12.1 Å². The number of rotatable bonds is 2. The first-order valence-electron chi connectivity index (χ1n) is 2.18. The summed E-state index contributed by atoms with van der Waals surface area (Å²) in [6.45, 7) is 0. The van der Waals surface area contributed by atoms with Gasteiger partial charge in [-0.25, -0.2) is 9.00 Å². The Balaban J connectivity index is 5.19. The van der Waals surface area contributed by atoms with Crippen molar-refractivity contribution in [2.24, 2.45) is 0 Å². The van der Waals surface area contributed by atoms with E-state index in [1.54, 1.807) is 0 Å². The van der Waals surface area contributed by atoms with Gasteiger partial charge in [-0.1, -0.05) is 0 Å². The second-order valence-corrected chi connectivity index (χ2v) is 2.57. The molecule has 1 atom stereocenters. The molecule has 2 N–H and O–H groups in total. The van der Waals surface area contributed by atoms with E-state index in [0.29, 0.717) is 0 Å². The molecule has 0 bridgehead atoms. The summed E-state index contributed by atoms with van der Waals surface area (Å²) >= 11 is -3.01. The molecule has 0 saturated carbocycles. The average Bonchev–Trinajstić information content (AvgIpc) is 1.90. The number of aliphatic carboxylic acids is 1. The maximum Gasteiger partial charge on any atom is 0.354 e. The van der Waals surface area contributed by atoms with Gasteiger partial charge in [0.1, 0.15) is 12.1 Å². The monoisotopic (exact) mass is 174 g/mol. The van der Waals surface area contributed by atoms with Crippen molar-refractivity contribution in [3.8, 4) is 12.1 Å². The molecule has 0 aliphatic heterocycles. The topological polar surface area (TPSA) is 122 Å². The lowest BCUT2D eigenvalue weighted by molar-refractivity contribution is -0.137. The summed E-state index contributed by atoms with van der Waals surface area (Å²) in [5.41, 5.74) is 0. The average molecular weight is 174 g/mol. The summed E-state index contributed by atoms with van der Waals surface area (Å²) in [7, 11) is 0. The fourth-order valence-corrected chi connectivity index (χ4v) is 0.579.